The van der Waals surface area contributed by atoms with Crippen molar-refractivity contribution in [2.24, 2.45) is 22.5 Å². The average molecular weight is 524 g/mol. The fraction of sp³-hybridized carbons (Fsp3) is 0.692. The number of benzene rings is 1. The zero-order chi connectivity index (χ0) is 26.9. The molecule has 3 aliphatic heterocycles. The van der Waals surface area contributed by atoms with Gasteiger partial charge in [-0.2, -0.15) is 0 Å². The molecule has 3 heterocycles. The third kappa shape index (κ3) is 6.44. The minimum Gasteiger partial charge on any atom is -0.494 e. The van der Waals surface area contributed by atoms with Crippen molar-refractivity contribution in [3.05, 3.63) is 24.3 Å². The summed E-state index contributed by atoms with van der Waals surface area (Å²) in [5, 5.41) is -1.04. The first-order valence-electron chi connectivity index (χ1n) is 12.5. The van der Waals surface area contributed by atoms with Gasteiger partial charge in [0.1, 0.15) is 23.4 Å². The van der Waals surface area contributed by atoms with Gasteiger partial charge in [0.25, 0.3) is 0 Å². The number of nitrogens with zero attached hydrogens (tertiary/aromatic N) is 2. The summed E-state index contributed by atoms with van der Waals surface area (Å²) in [6, 6.07) is 8.05. The zero-order valence-corrected chi connectivity index (χ0v) is 23.1. The van der Waals surface area contributed by atoms with Crippen LogP contribution in [-0.2, 0) is 19.4 Å². The lowest BCUT2D eigenvalue weighted by Gasteiger charge is -2.48. The van der Waals surface area contributed by atoms with Gasteiger partial charge in [-0.1, -0.05) is 34.6 Å². The number of sulfone groups is 1. The van der Waals surface area contributed by atoms with Crippen molar-refractivity contribution in [2.75, 3.05) is 43.5 Å². The molecule has 10 heteroatoms. The van der Waals surface area contributed by atoms with Crippen molar-refractivity contribution in [3.63, 3.8) is 0 Å². The first-order chi connectivity index (χ1) is 16.6. The lowest BCUT2D eigenvalue weighted by molar-refractivity contribution is -0.128. The van der Waals surface area contributed by atoms with E-state index >= 15 is 0 Å². The van der Waals surface area contributed by atoms with Crippen LogP contribution in [0.5, 0.6) is 5.75 Å². The van der Waals surface area contributed by atoms with Gasteiger partial charge in [-0.3, -0.25) is 4.79 Å². The predicted octanol–water partition coefficient (Wildman–Crippen LogP) is 3.07. The van der Waals surface area contributed by atoms with E-state index in [4.69, 9.17) is 15.2 Å². The van der Waals surface area contributed by atoms with Gasteiger partial charge in [-0.05, 0) is 54.4 Å². The van der Waals surface area contributed by atoms with E-state index in [0.29, 0.717) is 19.7 Å². The van der Waals surface area contributed by atoms with E-state index in [9.17, 15) is 18.0 Å². The number of piperidine rings is 1. The van der Waals surface area contributed by atoms with Gasteiger partial charge >= 0.3 is 6.09 Å². The Morgan fingerprint density at radius 1 is 1.14 bits per heavy atom. The molecule has 3 aliphatic rings. The highest BCUT2D eigenvalue weighted by atomic mass is 32.2. The molecule has 1 aromatic carbocycles. The van der Waals surface area contributed by atoms with Crippen LogP contribution >= 0.6 is 0 Å². The van der Waals surface area contributed by atoms with Crippen LogP contribution in [0.25, 0.3) is 0 Å². The molecule has 3 saturated heterocycles. The number of anilines is 1. The molecule has 202 valence electrons. The molecule has 9 nitrogen and oxygen atoms in total. The largest absolute Gasteiger partial charge is 0.494 e. The van der Waals surface area contributed by atoms with Crippen molar-refractivity contribution in [2.45, 2.75) is 59.3 Å². The topological polar surface area (TPSA) is 119 Å². The summed E-state index contributed by atoms with van der Waals surface area (Å²) in [6.45, 7) is 13.6. The van der Waals surface area contributed by atoms with Gasteiger partial charge in [-0.25, -0.2) is 13.2 Å². The highest BCUT2D eigenvalue weighted by Crippen LogP contribution is 2.43. The third-order valence-corrected chi connectivity index (χ3v) is 9.71. The van der Waals surface area contributed by atoms with E-state index in [1.165, 1.54) is 0 Å². The summed E-state index contributed by atoms with van der Waals surface area (Å²) < 4.78 is 37.0. The minimum absolute atomic E-state index is 0.0393. The Morgan fingerprint density at radius 3 is 2.33 bits per heavy atom. The van der Waals surface area contributed by atoms with Crippen LogP contribution in [0.4, 0.5) is 10.5 Å². The van der Waals surface area contributed by atoms with Crippen molar-refractivity contribution in [3.8, 4) is 5.75 Å². The third-order valence-electron chi connectivity index (χ3n) is 7.35. The molecule has 4 rings (SSSR count). The summed E-state index contributed by atoms with van der Waals surface area (Å²) in [6.07, 6.45) is -0.0785. The molecule has 3 fully saturated rings. The molecule has 0 saturated carbocycles. The van der Waals surface area contributed by atoms with E-state index < -0.39 is 38.3 Å². The normalized spacial score (nSPS) is 22.6. The van der Waals surface area contributed by atoms with Crippen LogP contribution in [0.15, 0.2) is 24.3 Å². The molecule has 0 radical (unpaired) electrons. The van der Waals surface area contributed by atoms with Gasteiger partial charge in [-0.15, -0.1) is 0 Å². The Bertz CT molecular complexity index is 1050. The standard InChI is InChI=1S/C26H41N3O6S/c1-7-34-20-10-8-19(9-11-20)29-14-18-12-26(5,6)21(29)15-28(13-18)23(30)17-36(32,33)22(25(2,3)4)16-35-24(27)31/h8-11,18,21-22H,7,12-17H2,1-6H3,(H2,27,31)/t18-,21-,22?/m1/s1. The van der Waals surface area contributed by atoms with Crippen LogP contribution in [0.3, 0.4) is 0 Å². The summed E-state index contributed by atoms with van der Waals surface area (Å²) in [7, 11) is -3.91. The maximum absolute atomic E-state index is 13.4. The van der Waals surface area contributed by atoms with Gasteiger partial charge in [0.2, 0.25) is 5.91 Å². The average Bonchev–Trinajstić information content (AvgIpc) is 3.00. The quantitative estimate of drug-likeness (QED) is 0.556. The van der Waals surface area contributed by atoms with E-state index in [1.54, 1.807) is 25.7 Å². The van der Waals surface area contributed by atoms with Gasteiger partial charge in [0, 0.05) is 25.3 Å². The van der Waals surface area contributed by atoms with Gasteiger partial charge < -0.3 is 25.0 Å². The molecule has 2 amide bonds. The number of rotatable bonds is 8. The maximum atomic E-state index is 13.4. The smallest absolute Gasteiger partial charge is 0.404 e. The monoisotopic (exact) mass is 523 g/mol. The van der Waals surface area contributed by atoms with Crippen LogP contribution in [0.1, 0.15) is 48.0 Å². The number of carbonyl (C=O) groups excluding carboxylic acids is 2. The van der Waals surface area contributed by atoms with Crippen LogP contribution < -0.4 is 15.4 Å². The number of amides is 2. The first kappa shape index (κ1) is 28.1. The Morgan fingerprint density at radius 2 is 1.78 bits per heavy atom. The predicted molar refractivity (Wildman–Crippen MR) is 140 cm³/mol. The Labute approximate surface area is 215 Å². The van der Waals surface area contributed by atoms with Crippen LogP contribution in [0.2, 0.25) is 0 Å². The number of primary amides is 1. The molecule has 1 aromatic rings. The van der Waals surface area contributed by atoms with Crippen molar-refractivity contribution in [1.82, 2.24) is 4.90 Å². The fourth-order valence-electron chi connectivity index (χ4n) is 5.64. The fourth-order valence-corrected chi connectivity index (χ4v) is 7.72. The summed E-state index contributed by atoms with van der Waals surface area (Å²) in [5.41, 5.74) is 5.34. The lowest BCUT2D eigenvalue weighted by Crippen LogP contribution is -2.54. The number of hydrogen-bond donors (Lipinski definition) is 1. The number of fused-ring (bicyclic) bond motifs is 4. The summed E-state index contributed by atoms with van der Waals surface area (Å²) in [5.74, 6) is -0.00523. The maximum Gasteiger partial charge on any atom is 0.404 e. The molecule has 0 aliphatic carbocycles. The number of carbonyl (C=O) groups is 2. The highest BCUT2D eigenvalue weighted by Gasteiger charge is 2.47. The minimum atomic E-state index is -3.91. The molecule has 0 spiro atoms. The SMILES string of the molecule is CCOc1ccc(N2C[C@H]3CN(C(=O)CS(=O)(=O)C(COC(N)=O)C(C)(C)C)C[C@@H]2C(C)(C)C3)cc1. The molecule has 1 unspecified atom stereocenters. The zero-order valence-electron chi connectivity index (χ0n) is 22.3. The number of hydrogen-bond acceptors (Lipinski definition) is 7. The van der Waals surface area contributed by atoms with Crippen molar-refractivity contribution < 1.29 is 27.5 Å². The second-order valence-corrected chi connectivity index (χ2v) is 13.9. The Kier molecular flexibility index (Phi) is 8.17. The molecular weight excluding hydrogens is 482 g/mol. The molecule has 2 bridgehead atoms. The highest BCUT2D eigenvalue weighted by molar-refractivity contribution is 7.92. The molecule has 36 heavy (non-hydrogen) atoms. The van der Waals surface area contributed by atoms with E-state index in [2.05, 4.69) is 18.7 Å². The van der Waals surface area contributed by atoms with Crippen molar-refractivity contribution in [1.29, 1.82) is 0 Å². The van der Waals surface area contributed by atoms with E-state index in [-0.39, 0.29) is 24.0 Å². The van der Waals surface area contributed by atoms with Crippen molar-refractivity contribution >= 4 is 27.5 Å². The summed E-state index contributed by atoms with van der Waals surface area (Å²) >= 11 is 0. The van der Waals surface area contributed by atoms with Gasteiger partial charge in [0.05, 0.1) is 12.6 Å². The van der Waals surface area contributed by atoms with Gasteiger partial charge in [0.15, 0.2) is 9.84 Å². The van der Waals surface area contributed by atoms with Crippen LogP contribution in [0, 0.1) is 16.7 Å². The molecule has 3 atom stereocenters. The number of ether oxygens (including phenoxy) is 2. The Balaban J connectivity index is 1.80. The molecule has 0 aromatic heterocycles. The van der Waals surface area contributed by atoms with Crippen LogP contribution in [-0.4, -0.2) is 75.2 Å². The first-order valence-corrected chi connectivity index (χ1v) is 14.3. The molecule has 2 N–H and O–H groups in total. The summed E-state index contributed by atoms with van der Waals surface area (Å²) in [4.78, 5) is 28.6. The lowest BCUT2D eigenvalue weighted by atomic mass is 9.73. The number of nitrogens with two attached hydrogens (primary N) is 1. The Hall–Kier alpha value is -2.49. The molecular formula is C26H41N3O6S. The van der Waals surface area contributed by atoms with E-state index in [1.807, 2.05) is 31.2 Å². The second-order valence-electron chi connectivity index (χ2n) is 11.7. The van der Waals surface area contributed by atoms with E-state index in [0.717, 1.165) is 24.4 Å². The second kappa shape index (κ2) is 10.5.